The second kappa shape index (κ2) is 5.96. The molecule has 0 bridgehead atoms. The van der Waals surface area contributed by atoms with Gasteiger partial charge in [0.05, 0.1) is 19.3 Å². The number of hydrogen-bond acceptors (Lipinski definition) is 4. The third-order valence-electron chi connectivity index (χ3n) is 3.43. The molecule has 1 heterocycles. The Morgan fingerprint density at radius 2 is 2.31 bits per heavy atom. The molecule has 2 fully saturated rings. The molecule has 2 N–H and O–H groups in total. The zero-order valence-corrected chi connectivity index (χ0v) is 10.2. The summed E-state index contributed by atoms with van der Waals surface area (Å²) in [4.78, 5) is 2.41. The first-order chi connectivity index (χ1) is 7.81. The Bertz CT molecular complexity index is 209. The summed E-state index contributed by atoms with van der Waals surface area (Å²) in [6, 6.07) is 0.906. The highest BCUT2D eigenvalue weighted by Crippen LogP contribution is 2.19. The molecule has 16 heavy (non-hydrogen) atoms. The number of aliphatic hydroxyl groups is 1. The molecule has 2 atom stereocenters. The van der Waals surface area contributed by atoms with E-state index in [4.69, 9.17) is 4.74 Å². The van der Waals surface area contributed by atoms with Gasteiger partial charge in [0.1, 0.15) is 0 Å². The summed E-state index contributed by atoms with van der Waals surface area (Å²) in [5.74, 6) is 0. The summed E-state index contributed by atoms with van der Waals surface area (Å²) >= 11 is 0. The topological polar surface area (TPSA) is 44.7 Å². The fourth-order valence-corrected chi connectivity index (χ4v) is 2.25. The summed E-state index contributed by atoms with van der Waals surface area (Å²) in [6.45, 7) is 6.20. The second-order valence-corrected chi connectivity index (χ2v) is 4.98. The van der Waals surface area contributed by atoms with Gasteiger partial charge in [-0.15, -0.1) is 0 Å². The molecule has 0 amide bonds. The number of ether oxygens (including phenoxy) is 1. The molecule has 1 saturated carbocycles. The lowest BCUT2D eigenvalue weighted by molar-refractivity contribution is -0.0338. The zero-order valence-electron chi connectivity index (χ0n) is 10.2. The van der Waals surface area contributed by atoms with Crippen molar-refractivity contribution in [2.45, 2.75) is 44.4 Å². The van der Waals surface area contributed by atoms with Crippen LogP contribution in [0.15, 0.2) is 0 Å². The average Bonchev–Trinajstić information content (AvgIpc) is 3.12. The minimum atomic E-state index is 0.239. The summed E-state index contributed by atoms with van der Waals surface area (Å²) in [5.41, 5.74) is 0. The summed E-state index contributed by atoms with van der Waals surface area (Å²) in [7, 11) is 0. The molecule has 2 rings (SSSR count). The molecule has 2 unspecified atom stereocenters. The van der Waals surface area contributed by atoms with Crippen LogP contribution in [0.2, 0.25) is 0 Å². The van der Waals surface area contributed by atoms with E-state index in [2.05, 4.69) is 17.1 Å². The first-order valence-electron chi connectivity index (χ1n) is 6.52. The van der Waals surface area contributed by atoms with Crippen molar-refractivity contribution in [2.75, 3.05) is 32.8 Å². The van der Waals surface area contributed by atoms with E-state index in [-0.39, 0.29) is 12.6 Å². The largest absolute Gasteiger partial charge is 0.395 e. The van der Waals surface area contributed by atoms with Crippen LogP contribution < -0.4 is 5.32 Å². The Labute approximate surface area is 98.0 Å². The Hall–Kier alpha value is -0.160. The van der Waals surface area contributed by atoms with Gasteiger partial charge in [-0.25, -0.2) is 0 Å². The molecule has 0 spiro atoms. The van der Waals surface area contributed by atoms with Crippen LogP contribution in [0.4, 0.5) is 0 Å². The van der Waals surface area contributed by atoms with Crippen molar-refractivity contribution in [1.29, 1.82) is 0 Å². The summed E-state index contributed by atoms with van der Waals surface area (Å²) < 4.78 is 5.64. The maximum Gasteiger partial charge on any atom is 0.0700 e. The highest BCUT2D eigenvalue weighted by Gasteiger charge is 2.26. The van der Waals surface area contributed by atoms with Crippen LogP contribution in [0.5, 0.6) is 0 Å². The van der Waals surface area contributed by atoms with Crippen molar-refractivity contribution >= 4 is 0 Å². The van der Waals surface area contributed by atoms with Crippen LogP contribution in [0.25, 0.3) is 0 Å². The van der Waals surface area contributed by atoms with E-state index in [1.54, 1.807) is 0 Å². The van der Waals surface area contributed by atoms with Gasteiger partial charge in [0, 0.05) is 31.7 Å². The van der Waals surface area contributed by atoms with Gasteiger partial charge in [0.2, 0.25) is 0 Å². The van der Waals surface area contributed by atoms with Gasteiger partial charge >= 0.3 is 0 Å². The molecule has 0 aromatic carbocycles. The minimum Gasteiger partial charge on any atom is -0.395 e. The normalized spacial score (nSPS) is 29.2. The van der Waals surface area contributed by atoms with E-state index in [9.17, 15) is 5.11 Å². The molecule has 94 valence electrons. The lowest BCUT2D eigenvalue weighted by Gasteiger charge is -2.34. The van der Waals surface area contributed by atoms with Crippen molar-refractivity contribution in [3.63, 3.8) is 0 Å². The Morgan fingerprint density at radius 3 is 2.94 bits per heavy atom. The summed E-state index contributed by atoms with van der Waals surface area (Å²) in [5, 5.41) is 12.8. The van der Waals surface area contributed by atoms with E-state index >= 15 is 0 Å². The van der Waals surface area contributed by atoms with E-state index in [0.29, 0.717) is 12.1 Å². The van der Waals surface area contributed by atoms with Crippen molar-refractivity contribution < 1.29 is 9.84 Å². The van der Waals surface area contributed by atoms with Gasteiger partial charge in [-0.05, 0) is 19.3 Å². The van der Waals surface area contributed by atoms with E-state index in [0.717, 1.165) is 32.7 Å². The molecule has 4 nitrogen and oxygen atoms in total. The Morgan fingerprint density at radius 1 is 1.50 bits per heavy atom. The number of nitrogens with one attached hydrogen (secondary N) is 1. The quantitative estimate of drug-likeness (QED) is 0.682. The molecule has 0 aromatic rings. The molecular formula is C12H24N2O2. The predicted octanol–water partition coefficient (Wildman–Crippen LogP) is 0.210. The van der Waals surface area contributed by atoms with Crippen molar-refractivity contribution in [3.8, 4) is 0 Å². The van der Waals surface area contributed by atoms with Gasteiger partial charge in [0.25, 0.3) is 0 Å². The van der Waals surface area contributed by atoms with Crippen LogP contribution in [0.3, 0.4) is 0 Å². The standard InChI is InChI=1S/C12H24N2O2/c1-2-12-8-14(5-6-16-12)7-11(9-15)13-10-3-4-10/h10-13,15H,2-9H2,1H3. The van der Waals surface area contributed by atoms with E-state index in [1.165, 1.54) is 12.8 Å². The van der Waals surface area contributed by atoms with Gasteiger partial charge in [-0.1, -0.05) is 6.92 Å². The second-order valence-electron chi connectivity index (χ2n) is 4.98. The Balaban J connectivity index is 1.72. The molecular weight excluding hydrogens is 204 g/mol. The highest BCUT2D eigenvalue weighted by atomic mass is 16.5. The third-order valence-corrected chi connectivity index (χ3v) is 3.43. The smallest absolute Gasteiger partial charge is 0.0700 e. The van der Waals surface area contributed by atoms with Crippen LogP contribution in [0, 0.1) is 0 Å². The number of morpholine rings is 1. The first kappa shape index (κ1) is 12.3. The fourth-order valence-electron chi connectivity index (χ4n) is 2.25. The first-order valence-corrected chi connectivity index (χ1v) is 6.52. The van der Waals surface area contributed by atoms with Gasteiger partial charge in [0.15, 0.2) is 0 Å². The molecule has 0 radical (unpaired) electrons. The maximum atomic E-state index is 9.34. The van der Waals surface area contributed by atoms with Gasteiger partial charge in [-0.3, -0.25) is 4.90 Å². The van der Waals surface area contributed by atoms with E-state index in [1.807, 2.05) is 0 Å². The van der Waals surface area contributed by atoms with Crippen LogP contribution in [-0.4, -0.2) is 61.0 Å². The molecule has 0 aromatic heterocycles. The van der Waals surface area contributed by atoms with Crippen LogP contribution in [-0.2, 0) is 4.74 Å². The zero-order chi connectivity index (χ0) is 11.4. The molecule has 1 saturated heterocycles. The van der Waals surface area contributed by atoms with Crippen LogP contribution in [0.1, 0.15) is 26.2 Å². The fraction of sp³-hybridized carbons (Fsp3) is 1.00. The van der Waals surface area contributed by atoms with E-state index < -0.39 is 0 Å². The van der Waals surface area contributed by atoms with Crippen LogP contribution >= 0.6 is 0 Å². The molecule has 1 aliphatic carbocycles. The SMILES string of the molecule is CCC1CN(CC(CO)NC2CC2)CCO1. The Kier molecular flexibility index (Phi) is 4.58. The summed E-state index contributed by atoms with van der Waals surface area (Å²) in [6.07, 6.45) is 4.01. The lowest BCUT2D eigenvalue weighted by atomic mass is 10.2. The molecule has 2 aliphatic rings. The third kappa shape index (κ3) is 3.70. The maximum absolute atomic E-state index is 9.34. The minimum absolute atomic E-state index is 0.239. The van der Waals surface area contributed by atoms with Crippen molar-refractivity contribution in [3.05, 3.63) is 0 Å². The highest BCUT2D eigenvalue weighted by molar-refractivity contribution is 4.86. The van der Waals surface area contributed by atoms with Gasteiger partial charge in [-0.2, -0.15) is 0 Å². The van der Waals surface area contributed by atoms with Gasteiger partial charge < -0.3 is 15.2 Å². The number of hydrogen-bond donors (Lipinski definition) is 2. The number of rotatable bonds is 6. The predicted molar refractivity (Wildman–Crippen MR) is 63.5 cm³/mol. The molecule has 1 aliphatic heterocycles. The monoisotopic (exact) mass is 228 g/mol. The number of nitrogens with zero attached hydrogens (tertiary/aromatic N) is 1. The van der Waals surface area contributed by atoms with Crippen molar-refractivity contribution in [1.82, 2.24) is 10.2 Å². The number of aliphatic hydroxyl groups excluding tert-OH is 1. The lowest BCUT2D eigenvalue weighted by Crippen LogP contribution is -2.50. The molecule has 4 heteroatoms. The average molecular weight is 228 g/mol. The van der Waals surface area contributed by atoms with Crippen molar-refractivity contribution in [2.24, 2.45) is 0 Å².